The van der Waals surface area contributed by atoms with Crippen LogP contribution in [-0.4, -0.2) is 13.7 Å². The first-order valence-electron chi connectivity index (χ1n) is 6.95. The summed E-state index contributed by atoms with van der Waals surface area (Å²) < 4.78 is 18.3. The van der Waals surface area contributed by atoms with E-state index in [2.05, 4.69) is 12.2 Å². The Morgan fingerprint density at radius 3 is 2.52 bits per heavy atom. The Hall–Kier alpha value is -1.58. The minimum atomic E-state index is -0.216. The van der Waals surface area contributed by atoms with Crippen molar-refractivity contribution < 1.29 is 9.13 Å². The molecule has 0 spiro atoms. The van der Waals surface area contributed by atoms with E-state index in [0.29, 0.717) is 10.8 Å². The van der Waals surface area contributed by atoms with E-state index in [1.165, 1.54) is 12.1 Å². The lowest BCUT2D eigenvalue weighted by molar-refractivity contribution is 0.413. The summed E-state index contributed by atoms with van der Waals surface area (Å²) in [5.74, 6) is 0.447. The van der Waals surface area contributed by atoms with Gasteiger partial charge in [0.2, 0.25) is 0 Å². The van der Waals surface area contributed by atoms with Gasteiger partial charge in [-0.1, -0.05) is 36.7 Å². The van der Waals surface area contributed by atoms with Crippen molar-refractivity contribution >= 4 is 11.6 Å². The Balaban J connectivity index is 2.23. The second kappa shape index (κ2) is 7.43. The van der Waals surface area contributed by atoms with Gasteiger partial charge >= 0.3 is 0 Å². The van der Waals surface area contributed by atoms with Crippen molar-refractivity contribution in [1.29, 1.82) is 0 Å². The molecule has 2 aromatic rings. The Bertz CT molecular complexity index is 586. The van der Waals surface area contributed by atoms with E-state index in [1.54, 1.807) is 7.11 Å². The highest BCUT2D eigenvalue weighted by molar-refractivity contribution is 6.32. The first kappa shape index (κ1) is 15.8. The molecule has 2 aromatic carbocycles. The Kier molecular flexibility index (Phi) is 5.59. The SMILES string of the molecule is CCNC(Cc1ccc(F)cc1)c1ccc(Cl)c(OC)c1. The Morgan fingerprint density at radius 1 is 1.19 bits per heavy atom. The summed E-state index contributed by atoms with van der Waals surface area (Å²) in [6, 6.07) is 12.5. The van der Waals surface area contributed by atoms with Gasteiger partial charge < -0.3 is 10.1 Å². The molecule has 0 aliphatic rings. The molecule has 2 nitrogen and oxygen atoms in total. The van der Waals surface area contributed by atoms with Crippen molar-refractivity contribution in [1.82, 2.24) is 5.32 Å². The van der Waals surface area contributed by atoms with Crippen LogP contribution in [0.3, 0.4) is 0 Å². The number of benzene rings is 2. The third kappa shape index (κ3) is 4.19. The number of hydrogen-bond acceptors (Lipinski definition) is 2. The lowest BCUT2D eigenvalue weighted by atomic mass is 9.98. The zero-order chi connectivity index (χ0) is 15.2. The predicted molar refractivity (Wildman–Crippen MR) is 84.5 cm³/mol. The van der Waals surface area contributed by atoms with Gasteiger partial charge in [0.15, 0.2) is 0 Å². The van der Waals surface area contributed by atoms with Crippen LogP contribution < -0.4 is 10.1 Å². The third-order valence-electron chi connectivity index (χ3n) is 3.38. The van der Waals surface area contributed by atoms with Gasteiger partial charge in [-0.2, -0.15) is 0 Å². The van der Waals surface area contributed by atoms with E-state index >= 15 is 0 Å². The monoisotopic (exact) mass is 307 g/mol. The molecule has 0 fully saturated rings. The van der Waals surface area contributed by atoms with Crippen LogP contribution in [0.15, 0.2) is 42.5 Å². The van der Waals surface area contributed by atoms with Gasteiger partial charge in [-0.3, -0.25) is 0 Å². The average Bonchev–Trinajstić information content (AvgIpc) is 2.49. The Labute approximate surface area is 129 Å². The zero-order valence-electron chi connectivity index (χ0n) is 12.2. The minimum absolute atomic E-state index is 0.131. The molecule has 1 atom stereocenters. The second-order valence-corrected chi connectivity index (χ2v) is 5.24. The molecule has 0 heterocycles. The van der Waals surface area contributed by atoms with Crippen LogP contribution in [0.2, 0.25) is 5.02 Å². The molecular weight excluding hydrogens is 289 g/mol. The molecule has 0 bridgehead atoms. The molecule has 0 aliphatic heterocycles. The van der Waals surface area contributed by atoms with Gasteiger partial charge in [-0.25, -0.2) is 4.39 Å². The quantitative estimate of drug-likeness (QED) is 0.855. The van der Waals surface area contributed by atoms with Gasteiger partial charge in [0, 0.05) is 6.04 Å². The van der Waals surface area contributed by atoms with Crippen LogP contribution >= 0.6 is 11.6 Å². The molecule has 0 saturated heterocycles. The first-order valence-corrected chi connectivity index (χ1v) is 7.33. The molecule has 4 heteroatoms. The normalized spacial score (nSPS) is 12.2. The fourth-order valence-corrected chi connectivity index (χ4v) is 2.50. The number of hydrogen-bond donors (Lipinski definition) is 1. The number of halogens is 2. The number of nitrogens with one attached hydrogen (secondary N) is 1. The van der Waals surface area contributed by atoms with Crippen LogP contribution in [0.25, 0.3) is 0 Å². The number of ether oxygens (including phenoxy) is 1. The van der Waals surface area contributed by atoms with Crippen molar-refractivity contribution in [3.8, 4) is 5.75 Å². The molecule has 0 aromatic heterocycles. The maximum absolute atomic E-state index is 13.0. The van der Waals surface area contributed by atoms with Crippen LogP contribution in [0.1, 0.15) is 24.1 Å². The van der Waals surface area contributed by atoms with Crippen LogP contribution in [0, 0.1) is 5.82 Å². The van der Waals surface area contributed by atoms with E-state index in [1.807, 2.05) is 30.3 Å². The maximum Gasteiger partial charge on any atom is 0.137 e. The van der Waals surface area contributed by atoms with Crippen molar-refractivity contribution in [3.05, 3.63) is 64.4 Å². The van der Waals surface area contributed by atoms with Crippen LogP contribution in [0.4, 0.5) is 4.39 Å². The average molecular weight is 308 g/mol. The van der Waals surface area contributed by atoms with E-state index in [0.717, 1.165) is 24.1 Å². The molecule has 0 aliphatic carbocycles. The summed E-state index contributed by atoms with van der Waals surface area (Å²) in [5.41, 5.74) is 2.18. The van der Waals surface area contributed by atoms with Crippen molar-refractivity contribution in [2.75, 3.05) is 13.7 Å². The van der Waals surface area contributed by atoms with Crippen LogP contribution in [0.5, 0.6) is 5.75 Å². The largest absolute Gasteiger partial charge is 0.495 e. The van der Waals surface area contributed by atoms with Crippen LogP contribution in [-0.2, 0) is 6.42 Å². The highest BCUT2D eigenvalue weighted by Crippen LogP contribution is 2.29. The molecule has 112 valence electrons. The van der Waals surface area contributed by atoms with E-state index < -0.39 is 0 Å². The smallest absolute Gasteiger partial charge is 0.137 e. The standard InChI is InChI=1S/C17H19ClFNO/c1-3-20-16(10-12-4-7-14(19)8-5-12)13-6-9-15(18)17(11-13)21-2/h4-9,11,16,20H,3,10H2,1-2H3. The van der Waals surface area contributed by atoms with E-state index in [-0.39, 0.29) is 11.9 Å². The predicted octanol–water partition coefficient (Wildman–Crippen LogP) is 4.38. The summed E-state index contributed by atoms with van der Waals surface area (Å²) in [6.45, 7) is 2.90. The first-order chi connectivity index (χ1) is 10.1. The van der Waals surface area contributed by atoms with Crippen molar-refractivity contribution in [3.63, 3.8) is 0 Å². The zero-order valence-corrected chi connectivity index (χ0v) is 13.0. The number of likely N-dealkylation sites (N-methyl/N-ethyl adjacent to an activating group) is 1. The maximum atomic E-state index is 13.0. The molecule has 0 amide bonds. The molecule has 2 rings (SSSR count). The molecule has 0 saturated carbocycles. The van der Waals surface area contributed by atoms with Gasteiger partial charge in [0.05, 0.1) is 12.1 Å². The van der Waals surface area contributed by atoms with Crippen molar-refractivity contribution in [2.24, 2.45) is 0 Å². The lowest BCUT2D eigenvalue weighted by Gasteiger charge is -2.19. The van der Waals surface area contributed by atoms with E-state index in [9.17, 15) is 4.39 Å². The summed E-state index contributed by atoms with van der Waals surface area (Å²) in [5, 5.41) is 4.04. The number of methoxy groups -OCH3 is 1. The molecular formula is C17H19ClFNO. The van der Waals surface area contributed by atoms with Gasteiger partial charge in [-0.15, -0.1) is 0 Å². The summed E-state index contributed by atoms with van der Waals surface area (Å²) in [6.07, 6.45) is 0.777. The molecule has 0 radical (unpaired) electrons. The highest BCUT2D eigenvalue weighted by Gasteiger charge is 2.13. The molecule has 1 unspecified atom stereocenters. The summed E-state index contributed by atoms with van der Waals surface area (Å²) in [7, 11) is 1.60. The summed E-state index contributed by atoms with van der Waals surface area (Å²) in [4.78, 5) is 0. The Morgan fingerprint density at radius 2 is 1.90 bits per heavy atom. The highest BCUT2D eigenvalue weighted by atomic mass is 35.5. The lowest BCUT2D eigenvalue weighted by Crippen LogP contribution is -2.23. The summed E-state index contributed by atoms with van der Waals surface area (Å²) >= 11 is 6.07. The fraction of sp³-hybridized carbons (Fsp3) is 0.294. The van der Waals surface area contributed by atoms with E-state index in [4.69, 9.17) is 16.3 Å². The van der Waals surface area contributed by atoms with Gasteiger partial charge in [-0.05, 0) is 48.4 Å². The molecule has 1 N–H and O–H groups in total. The minimum Gasteiger partial charge on any atom is -0.495 e. The number of rotatable bonds is 6. The topological polar surface area (TPSA) is 21.3 Å². The van der Waals surface area contributed by atoms with Gasteiger partial charge in [0.25, 0.3) is 0 Å². The second-order valence-electron chi connectivity index (χ2n) is 4.83. The van der Waals surface area contributed by atoms with Gasteiger partial charge in [0.1, 0.15) is 11.6 Å². The van der Waals surface area contributed by atoms with Crippen molar-refractivity contribution in [2.45, 2.75) is 19.4 Å². The third-order valence-corrected chi connectivity index (χ3v) is 3.69. The molecule has 21 heavy (non-hydrogen) atoms. The fourth-order valence-electron chi connectivity index (χ4n) is 2.30.